The molecule has 1 N–H and O–H groups in total. The molecule has 0 bridgehead atoms. The fourth-order valence-corrected chi connectivity index (χ4v) is 3.31. The Balaban J connectivity index is 1.62. The molecule has 31 heavy (non-hydrogen) atoms. The van der Waals surface area contributed by atoms with Gasteiger partial charge in [-0.1, -0.05) is 12.1 Å². The minimum absolute atomic E-state index is 0.0401. The molecule has 9 heteroatoms. The van der Waals surface area contributed by atoms with Crippen molar-refractivity contribution in [1.29, 1.82) is 0 Å². The van der Waals surface area contributed by atoms with E-state index in [1.807, 2.05) is 11.8 Å². The minimum atomic E-state index is -4.46. The van der Waals surface area contributed by atoms with Gasteiger partial charge in [-0.2, -0.15) is 13.2 Å². The van der Waals surface area contributed by atoms with Crippen LogP contribution in [0.5, 0.6) is 11.5 Å². The molecule has 2 aromatic carbocycles. The van der Waals surface area contributed by atoms with E-state index in [0.717, 1.165) is 12.1 Å². The lowest BCUT2D eigenvalue weighted by atomic mass is 10.1. The van der Waals surface area contributed by atoms with Gasteiger partial charge in [-0.25, -0.2) is 0 Å². The number of halogens is 3. The SMILES string of the molecule is CCNC(=O)CN1CCN(C(=O)c2cccc(Oc3cccc(C(F)(F)F)c3)c2)CC1. The van der Waals surface area contributed by atoms with Crippen molar-refractivity contribution in [2.75, 3.05) is 39.3 Å². The molecular formula is C22H24F3N3O3. The van der Waals surface area contributed by atoms with E-state index in [2.05, 4.69) is 5.32 Å². The summed E-state index contributed by atoms with van der Waals surface area (Å²) in [7, 11) is 0. The van der Waals surface area contributed by atoms with Crippen LogP contribution in [0.15, 0.2) is 48.5 Å². The summed E-state index contributed by atoms with van der Waals surface area (Å²) in [6.45, 7) is 4.88. The molecule has 0 radical (unpaired) electrons. The quantitative estimate of drug-likeness (QED) is 0.756. The molecule has 1 heterocycles. The number of rotatable bonds is 6. The number of likely N-dealkylation sites (N-methyl/N-ethyl adjacent to an activating group) is 1. The molecule has 6 nitrogen and oxygen atoms in total. The molecule has 0 saturated carbocycles. The molecule has 1 aliphatic rings. The lowest BCUT2D eigenvalue weighted by molar-refractivity contribution is -0.137. The first-order valence-corrected chi connectivity index (χ1v) is 10.00. The molecule has 0 spiro atoms. The molecule has 1 saturated heterocycles. The zero-order valence-corrected chi connectivity index (χ0v) is 17.1. The molecule has 0 aliphatic carbocycles. The Kier molecular flexibility index (Phi) is 7.17. The van der Waals surface area contributed by atoms with E-state index in [4.69, 9.17) is 4.74 Å². The summed E-state index contributed by atoms with van der Waals surface area (Å²) < 4.78 is 44.2. The van der Waals surface area contributed by atoms with Crippen LogP contribution >= 0.6 is 0 Å². The fourth-order valence-electron chi connectivity index (χ4n) is 3.31. The van der Waals surface area contributed by atoms with Crippen LogP contribution < -0.4 is 10.1 Å². The Morgan fingerprint density at radius 2 is 1.65 bits per heavy atom. The van der Waals surface area contributed by atoms with Crippen LogP contribution in [0.25, 0.3) is 0 Å². The van der Waals surface area contributed by atoms with E-state index in [9.17, 15) is 22.8 Å². The third-order valence-corrected chi connectivity index (χ3v) is 4.88. The van der Waals surface area contributed by atoms with E-state index in [1.165, 1.54) is 18.2 Å². The molecule has 166 valence electrons. The highest BCUT2D eigenvalue weighted by molar-refractivity contribution is 5.94. The van der Waals surface area contributed by atoms with E-state index in [1.54, 1.807) is 23.1 Å². The lowest BCUT2D eigenvalue weighted by Gasteiger charge is -2.34. The predicted octanol–water partition coefficient (Wildman–Crippen LogP) is 3.39. The number of nitrogens with one attached hydrogen (secondary N) is 1. The molecule has 2 amide bonds. The molecule has 0 atom stereocenters. The van der Waals surface area contributed by atoms with E-state index < -0.39 is 11.7 Å². The smallest absolute Gasteiger partial charge is 0.416 e. The normalized spacial score (nSPS) is 14.9. The van der Waals surface area contributed by atoms with E-state index in [-0.39, 0.29) is 23.3 Å². The van der Waals surface area contributed by atoms with Crippen molar-refractivity contribution in [3.8, 4) is 11.5 Å². The third kappa shape index (κ3) is 6.21. The summed E-state index contributed by atoms with van der Waals surface area (Å²) in [5.41, 5.74) is -0.413. The first kappa shape index (κ1) is 22.6. The molecule has 0 unspecified atom stereocenters. The molecule has 0 aromatic heterocycles. The Labute approximate surface area is 178 Å². The highest BCUT2D eigenvalue weighted by Gasteiger charge is 2.30. The highest BCUT2D eigenvalue weighted by atomic mass is 19.4. The maximum absolute atomic E-state index is 12.9. The van der Waals surface area contributed by atoms with Gasteiger partial charge in [0.1, 0.15) is 11.5 Å². The number of benzene rings is 2. The average Bonchev–Trinajstić information content (AvgIpc) is 2.74. The summed E-state index contributed by atoms with van der Waals surface area (Å²) in [5.74, 6) is 0.0901. The summed E-state index contributed by atoms with van der Waals surface area (Å²) >= 11 is 0. The van der Waals surface area contributed by atoms with Crippen molar-refractivity contribution in [2.24, 2.45) is 0 Å². The topological polar surface area (TPSA) is 61.9 Å². The maximum atomic E-state index is 12.9. The molecule has 1 aliphatic heterocycles. The summed E-state index contributed by atoms with van der Waals surface area (Å²) in [5, 5.41) is 2.75. The van der Waals surface area contributed by atoms with Crippen LogP contribution in [-0.4, -0.2) is 60.9 Å². The van der Waals surface area contributed by atoms with Crippen molar-refractivity contribution in [3.05, 3.63) is 59.7 Å². The van der Waals surface area contributed by atoms with Gasteiger partial charge in [0.05, 0.1) is 12.1 Å². The Morgan fingerprint density at radius 1 is 1.00 bits per heavy atom. The Hall–Kier alpha value is -3.07. The number of hydrogen-bond donors (Lipinski definition) is 1. The standard InChI is InChI=1S/C22H24F3N3O3/c1-2-26-20(29)15-27-9-11-28(12-10-27)21(30)16-5-3-7-18(13-16)31-19-8-4-6-17(14-19)22(23,24)25/h3-8,13-14H,2,9-12,15H2,1H3,(H,26,29). The monoisotopic (exact) mass is 435 g/mol. The summed E-state index contributed by atoms with van der Waals surface area (Å²) in [6.07, 6.45) is -4.46. The molecule has 3 rings (SSSR count). The first-order chi connectivity index (χ1) is 14.8. The zero-order chi connectivity index (χ0) is 22.4. The number of piperazine rings is 1. The van der Waals surface area contributed by atoms with Crippen LogP contribution in [0, 0.1) is 0 Å². The maximum Gasteiger partial charge on any atom is 0.416 e. The number of alkyl halides is 3. The van der Waals surface area contributed by atoms with Crippen molar-refractivity contribution in [1.82, 2.24) is 15.1 Å². The number of carbonyl (C=O) groups excluding carboxylic acids is 2. The molecule has 2 aromatic rings. The van der Waals surface area contributed by atoms with Crippen molar-refractivity contribution >= 4 is 11.8 Å². The van der Waals surface area contributed by atoms with Crippen molar-refractivity contribution in [2.45, 2.75) is 13.1 Å². The zero-order valence-electron chi connectivity index (χ0n) is 17.1. The van der Waals surface area contributed by atoms with Gasteiger partial charge in [0.25, 0.3) is 5.91 Å². The predicted molar refractivity (Wildman–Crippen MR) is 109 cm³/mol. The van der Waals surface area contributed by atoms with E-state index >= 15 is 0 Å². The number of hydrogen-bond acceptors (Lipinski definition) is 4. The largest absolute Gasteiger partial charge is 0.457 e. The Morgan fingerprint density at radius 3 is 2.29 bits per heavy atom. The fraction of sp³-hybridized carbons (Fsp3) is 0.364. The summed E-state index contributed by atoms with van der Waals surface area (Å²) in [4.78, 5) is 28.2. The second-order valence-electron chi connectivity index (χ2n) is 7.18. The van der Waals surface area contributed by atoms with Gasteiger partial charge >= 0.3 is 6.18 Å². The van der Waals surface area contributed by atoms with Crippen LogP contribution in [-0.2, 0) is 11.0 Å². The Bertz CT molecular complexity index is 925. The summed E-state index contributed by atoms with van der Waals surface area (Å²) in [6, 6.07) is 11.0. The van der Waals surface area contributed by atoms with Crippen LogP contribution in [0.1, 0.15) is 22.8 Å². The minimum Gasteiger partial charge on any atom is -0.457 e. The van der Waals surface area contributed by atoms with Gasteiger partial charge < -0.3 is 15.0 Å². The first-order valence-electron chi connectivity index (χ1n) is 10.00. The van der Waals surface area contributed by atoms with Gasteiger partial charge in [-0.05, 0) is 43.3 Å². The van der Waals surface area contributed by atoms with Gasteiger partial charge in [0.2, 0.25) is 5.91 Å². The third-order valence-electron chi connectivity index (χ3n) is 4.88. The number of nitrogens with zero attached hydrogens (tertiary/aromatic N) is 2. The van der Waals surface area contributed by atoms with Crippen LogP contribution in [0.4, 0.5) is 13.2 Å². The van der Waals surface area contributed by atoms with Gasteiger partial charge in [-0.3, -0.25) is 14.5 Å². The highest BCUT2D eigenvalue weighted by Crippen LogP contribution is 2.32. The van der Waals surface area contributed by atoms with Gasteiger partial charge in [-0.15, -0.1) is 0 Å². The van der Waals surface area contributed by atoms with Gasteiger partial charge in [0, 0.05) is 38.3 Å². The van der Waals surface area contributed by atoms with Crippen molar-refractivity contribution < 1.29 is 27.5 Å². The lowest BCUT2D eigenvalue weighted by Crippen LogP contribution is -2.51. The number of amides is 2. The van der Waals surface area contributed by atoms with Crippen molar-refractivity contribution in [3.63, 3.8) is 0 Å². The van der Waals surface area contributed by atoms with Gasteiger partial charge in [0.15, 0.2) is 0 Å². The second-order valence-corrected chi connectivity index (χ2v) is 7.18. The molecule has 1 fully saturated rings. The molecular weight excluding hydrogens is 411 g/mol. The van der Waals surface area contributed by atoms with Crippen LogP contribution in [0.3, 0.4) is 0 Å². The number of carbonyl (C=O) groups is 2. The number of ether oxygens (including phenoxy) is 1. The average molecular weight is 435 g/mol. The second kappa shape index (κ2) is 9.82. The van der Waals surface area contributed by atoms with E-state index in [0.29, 0.717) is 44.8 Å². The van der Waals surface area contributed by atoms with Crippen LogP contribution in [0.2, 0.25) is 0 Å².